The van der Waals surface area contributed by atoms with Crippen molar-refractivity contribution in [3.63, 3.8) is 0 Å². The topological polar surface area (TPSA) is 65.2 Å². The zero-order valence-electron chi connectivity index (χ0n) is 14.5. The first-order valence-electron chi connectivity index (χ1n) is 9.44. The maximum absolute atomic E-state index is 9.41. The Balaban J connectivity index is 1.63. The van der Waals surface area contributed by atoms with Gasteiger partial charge >= 0.3 is 0 Å². The highest BCUT2D eigenvalue weighted by atomic mass is 16.4. The molecule has 128 valence electrons. The van der Waals surface area contributed by atoms with E-state index >= 15 is 0 Å². The van der Waals surface area contributed by atoms with Gasteiger partial charge in [-0.2, -0.15) is 0 Å². The molecule has 4 fully saturated rings. The van der Waals surface area contributed by atoms with E-state index in [-0.39, 0.29) is 5.41 Å². The molecule has 0 unspecified atom stereocenters. The molecule has 0 amide bonds. The van der Waals surface area contributed by atoms with Gasteiger partial charge in [0.1, 0.15) is 0 Å². The lowest BCUT2D eigenvalue weighted by Crippen LogP contribution is -2.53. The molecule has 4 aliphatic rings. The monoisotopic (exact) mass is 318 g/mol. The Morgan fingerprint density at radius 2 is 1.74 bits per heavy atom. The van der Waals surface area contributed by atoms with Gasteiger partial charge in [-0.05, 0) is 86.9 Å². The van der Waals surface area contributed by atoms with Crippen LogP contribution < -0.4 is 0 Å². The molecule has 4 saturated carbocycles. The summed E-state index contributed by atoms with van der Waals surface area (Å²) in [5.74, 6) is 3.00. The third-order valence-electron chi connectivity index (χ3n) is 8.50. The van der Waals surface area contributed by atoms with E-state index < -0.39 is 0 Å². The van der Waals surface area contributed by atoms with Crippen molar-refractivity contribution in [2.45, 2.75) is 71.6 Å². The fourth-order valence-electron chi connectivity index (χ4n) is 7.10. The Hall–Kier alpha value is -1.06. The van der Waals surface area contributed by atoms with E-state index in [0.29, 0.717) is 17.3 Å². The molecular formula is C19H30N2O2. The molecule has 23 heavy (non-hydrogen) atoms. The van der Waals surface area contributed by atoms with Crippen LogP contribution in [-0.2, 0) is 0 Å². The summed E-state index contributed by atoms with van der Waals surface area (Å²) in [6.07, 6.45) is 10.4. The van der Waals surface area contributed by atoms with Gasteiger partial charge in [0.2, 0.25) is 0 Å². The normalized spacial score (nSPS) is 53.0. The first-order chi connectivity index (χ1) is 11.0. The Morgan fingerprint density at radius 1 is 0.913 bits per heavy atom. The molecule has 0 saturated heterocycles. The van der Waals surface area contributed by atoms with Crippen molar-refractivity contribution in [1.82, 2.24) is 0 Å². The van der Waals surface area contributed by atoms with Gasteiger partial charge in [0.15, 0.2) is 0 Å². The van der Waals surface area contributed by atoms with Crippen LogP contribution in [0, 0.1) is 34.5 Å². The second-order valence-corrected chi connectivity index (χ2v) is 9.07. The summed E-state index contributed by atoms with van der Waals surface area (Å²) >= 11 is 0. The van der Waals surface area contributed by atoms with E-state index in [2.05, 4.69) is 24.2 Å². The van der Waals surface area contributed by atoms with E-state index in [1.165, 1.54) is 38.5 Å². The van der Waals surface area contributed by atoms with Crippen LogP contribution in [0.3, 0.4) is 0 Å². The number of hydrogen-bond acceptors (Lipinski definition) is 4. The van der Waals surface area contributed by atoms with Crippen molar-refractivity contribution in [1.29, 1.82) is 0 Å². The lowest BCUT2D eigenvalue weighted by atomic mass is 9.45. The quantitative estimate of drug-likeness (QED) is 0.502. The maximum Gasteiger partial charge on any atom is 0.0632 e. The second kappa shape index (κ2) is 5.22. The molecular weight excluding hydrogens is 288 g/mol. The highest BCUT2D eigenvalue weighted by molar-refractivity contribution is 5.92. The van der Waals surface area contributed by atoms with Gasteiger partial charge in [-0.25, -0.2) is 0 Å². The van der Waals surface area contributed by atoms with Crippen LogP contribution in [0.15, 0.2) is 10.3 Å². The van der Waals surface area contributed by atoms with Crippen molar-refractivity contribution in [2.24, 2.45) is 44.8 Å². The summed E-state index contributed by atoms with van der Waals surface area (Å²) in [7, 11) is 0. The van der Waals surface area contributed by atoms with Gasteiger partial charge in [0, 0.05) is 5.41 Å². The minimum absolute atomic E-state index is 0.144. The smallest absolute Gasteiger partial charge is 0.0632 e. The molecule has 6 atom stereocenters. The van der Waals surface area contributed by atoms with Gasteiger partial charge in [-0.15, -0.1) is 0 Å². The standard InChI is InChI=1S/C19H30N2O2/c1-18-9-7-13(20-22)11-12(18)3-4-14-15-5-6-17(21-23)19(15,2)10-8-16(14)18/h12,14-16,22-23H,3-11H2,1-2H3/b20-13+,21-17+/t12-,14+,15+,16+,18-,19-/m0/s1. The van der Waals surface area contributed by atoms with Crippen molar-refractivity contribution in [2.75, 3.05) is 0 Å². The molecule has 4 nitrogen and oxygen atoms in total. The van der Waals surface area contributed by atoms with Crippen molar-refractivity contribution in [3.05, 3.63) is 0 Å². The molecule has 0 aliphatic heterocycles. The largest absolute Gasteiger partial charge is 0.411 e. The molecule has 0 aromatic heterocycles. The predicted molar refractivity (Wildman–Crippen MR) is 90.2 cm³/mol. The van der Waals surface area contributed by atoms with E-state index in [1.807, 2.05) is 0 Å². The van der Waals surface area contributed by atoms with Crippen LogP contribution >= 0.6 is 0 Å². The van der Waals surface area contributed by atoms with Crippen LogP contribution in [-0.4, -0.2) is 21.8 Å². The van der Waals surface area contributed by atoms with E-state index in [0.717, 1.165) is 42.5 Å². The van der Waals surface area contributed by atoms with E-state index in [1.54, 1.807) is 0 Å². The summed E-state index contributed by atoms with van der Waals surface area (Å²) < 4.78 is 0. The number of rotatable bonds is 0. The van der Waals surface area contributed by atoms with Gasteiger partial charge in [0.05, 0.1) is 11.4 Å². The minimum atomic E-state index is 0.144. The summed E-state index contributed by atoms with van der Waals surface area (Å²) in [5.41, 5.74) is 2.64. The minimum Gasteiger partial charge on any atom is -0.411 e. The Labute approximate surface area is 139 Å². The van der Waals surface area contributed by atoms with Crippen LogP contribution in [0.25, 0.3) is 0 Å². The molecule has 0 aromatic rings. The van der Waals surface area contributed by atoms with Crippen molar-refractivity contribution < 1.29 is 10.4 Å². The molecule has 0 bridgehead atoms. The Kier molecular flexibility index (Phi) is 3.51. The van der Waals surface area contributed by atoms with E-state index in [4.69, 9.17) is 5.21 Å². The number of oxime groups is 2. The Morgan fingerprint density at radius 3 is 2.48 bits per heavy atom. The van der Waals surface area contributed by atoms with Crippen LogP contribution in [0.1, 0.15) is 71.6 Å². The Bertz CT molecular complexity index is 558. The first-order valence-corrected chi connectivity index (χ1v) is 9.44. The second-order valence-electron chi connectivity index (χ2n) is 9.07. The molecule has 4 aliphatic carbocycles. The van der Waals surface area contributed by atoms with Gasteiger partial charge in [-0.1, -0.05) is 24.2 Å². The molecule has 4 rings (SSSR count). The first kappa shape index (κ1) is 15.5. The lowest BCUT2D eigenvalue weighted by molar-refractivity contribution is -0.0819. The van der Waals surface area contributed by atoms with Crippen molar-refractivity contribution in [3.8, 4) is 0 Å². The SMILES string of the molecule is C[C@]12CC/C(=N\O)C[C@@H]1CC[C@H]1[C@H]2CC[C@]2(C)/C(=N/O)CC[C@H]12. The average Bonchev–Trinajstić information content (AvgIpc) is 2.90. The molecule has 4 heteroatoms. The highest BCUT2D eigenvalue weighted by Gasteiger charge is 2.59. The maximum atomic E-state index is 9.41. The van der Waals surface area contributed by atoms with Gasteiger partial charge in [-0.3, -0.25) is 0 Å². The van der Waals surface area contributed by atoms with Crippen molar-refractivity contribution >= 4 is 11.4 Å². The third-order valence-corrected chi connectivity index (χ3v) is 8.50. The summed E-state index contributed by atoms with van der Waals surface area (Å²) in [6, 6.07) is 0. The van der Waals surface area contributed by atoms with Crippen LogP contribution in [0.4, 0.5) is 0 Å². The predicted octanol–water partition coefficient (Wildman–Crippen LogP) is 4.69. The fraction of sp³-hybridized carbons (Fsp3) is 0.895. The zero-order chi connectivity index (χ0) is 16.2. The highest BCUT2D eigenvalue weighted by Crippen LogP contribution is 2.65. The lowest BCUT2D eigenvalue weighted by Gasteiger charge is -2.59. The number of hydrogen-bond donors (Lipinski definition) is 2. The zero-order valence-corrected chi connectivity index (χ0v) is 14.5. The molecule has 0 spiro atoms. The molecule has 0 aromatic carbocycles. The number of fused-ring (bicyclic) bond motifs is 5. The van der Waals surface area contributed by atoms with Crippen LogP contribution in [0.2, 0.25) is 0 Å². The van der Waals surface area contributed by atoms with Gasteiger partial charge in [0.25, 0.3) is 0 Å². The summed E-state index contributed by atoms with van der Waals surface area (Å²) in [6.45, 7) is 4.86. The fourth-order valence-corrected chi connectivity index (χ4v) is 7.10. The number of nitrogens with zero attached hydrogens (tertiary/aromatic N) is 2. The molecule has 0 radical (unpaired) electrons. The van der Waals surface area contributed by atoms with E-state index in [9.17, 15) is 5.21 Å². The average molecular weight is 318 g/mol. The summed E-state index contributed by atoms with van der Waals surface area (Å²) in [4.78, 5) is 0. The van der Waals surface area contributed by atoms with Gasteiger partial charge < -0.3 is 10.4 Å². The van der Waals surface area contributed by atoms with Crippen LogP contribution in [0.5, 0.6) is 0 Å². The molecule has 2 N–H and O–H groups in total. The molecule has 0 heterocycles. The third kappa shape index (κ3) is 2.02. The summed E-state index contributed by atoms with van der Waals surface area (Å²) in [5, 5.41) is 25.8.